The van der Waals surface area contributed by atoms with Crippen LogP contribution in [0.5, 0.6) is 11.5 Å². The number of nitrogens with zero attached hydrogens (tertiary/aromatic N) is 3. The molecule has 0 atom stereocenters. The fraction of sp³-hybridized carbons (Fsp3) is 0.273. The average Bonchev–Trinajstić information content (AvgIpc) is 3.33. The highest BCUT2D eigenvalue weighted by Gasteiger charge is 2.29. The van der Waals surface area contributed by atoms with Crippen molar-refractivity contribution >= 4 is 21.6 Å². The van der Waals surface area contributed by atoms with Gasteiger partial charge in [0.1, 0.15) is 25.6 Å². The largest absolute Gasteiger partial charge is 0.486 e. The summed E-state index contributed by atoms with van der Waals surface area (Å²) in [4.78, 5) is 16.5. The summed E-state index contributed by atoms with van der Waals surface area (Å²) in [6.07, 6.45) is 5.79. The first-order valence-electron chi connectivity index (χ1n) is 10.3. The predicted octanol–water partition coefficient (Wildman–Crippen LogP) is 2.20. The van der Waals surface area contributed by atoms with E-state index < -0.39 is 28.3 Å². The molecule has 1 aliphatic rings. The summed E-state index contributed by atoms with van der Waals surface area (Å²) in [7, 11) is -4.21. The molecule has 0 saturated carbocycles. The molecule has 0 aliphatic carbocycles. The van der Waals surface area contributed by atoms with E-state index in [4.69, 9.17) is 9.47 Å². The topological polar surface area (TPSA) is 103 Å². The van der Waals surface area contributed by atoms with Gasteiger partial charge in [0.05, 0.1) is 16.9 Å². The van der Waals surface area contributed by atoms with E-state index in [0.29, 0.717) is 44.2 Å². The Kier molecular flexibility index (Phi) is 6.78. The summed E-state index contributed by atoms with van der Waals surface area (Å²) in [5.74, 6) is -0.389. The smallest absolute Gasteiger partial charge is 0.264 e. The van der Waals surface area contributed by atoms with E-state index in [1.54, 1.807) is 12.5 Å². The van der Waals surface area contributed by atoms with E-state index in [-0.39, 0.29) is 10.6 Å². The highest BCUT2D eigenvalue weighted by Crippen LogP contribution is 2.34. The minimum absolute atomic E-state index is 0.0402. The van der Waals surface area contributed by atoms with E-state index in [0.717, 1.165) is 10.4 Å². The van der Waals surface area contributed by atoms with E-state index >= 15 is 0 Å². The van der Waals surface area contributed by atoms with Crippen molar-refractivity contribution in [1.82, 2.24) is 14.9 Å². The van der Waals surface area contributed by atoms with E-state index in [1.165, 1.54) is 36.4 Å². The van der Waals surface area contributed by atoms with Gasteiger partial charge in [-0.15, -0.1) is 0 Å². The number of fused-ring (bicyclic) bond motifs is 1. The van der Waals surface area contributed by atoms with Crippen LogP contribution in [0.4, 0.5) is 10.1 Å². The van der Waals surface area contributed by atoms with Crippen molar-refractivity contribution in [3.05, 3.63) is 67.0 Å². The molecule has 1 aromatic heterocycles. The predicted molar refractivity (Wildman–Crippen MR) is 118 cm³/mol. The molecule has 4 rings (SSSR count). The molecule has 0 unspecified atom stereocenters. The number of halogens is 1. The SMILES string of the molecule is O=C(CN(c1cccc(F)c1)S(=O)(=O)c1ccc2c(c1)OCCO2)NCCCn1ccnc1. The van der Waals surface area contributed by atoms with Crippen LogP contribution in [0.3, 0.4) is 0 Å². The minimum atomic E-state index is -4.21. The number of rotatable bonds is 9. The van der Waals surface area contributed by atoms with Crippen molar-refractivity contribution in [1.29, 1.82) is 0 Å². The standard InChI is InChI=1S/C22H23FN4O5S/c23-17-3-1-4-18(13-17)27(15-22(28)25-7-2-9-26-10-8-24-16-26)33(29,30)19-5-6-20-21(14-19)32-12-11-31-20/h1,3-6,8,10,13-14,16H,2,7,9,11-12,15H2,(H,25,28). The van der Waals surface area contributed by atoms with E-state index in [1.807, 2.05) is 10.8 Å². The number of aromatic nitrogens is 2. The first-order valence-corrected chi connectivity index (χ1v) is 11.8. The second kappa shape index (κ2) is 9.90. The van der Waals surface area contributed by atoms with Gasteiger partial charge in [-0.25, -0.2) is 17.8 Å². The summed E-state index contributed by atoms with van der Waals surface area (Å²) in [6.45, 7) is 1.16. The van der Waals surface area contributed by atoms with Crippen LogP contribution in [0, 0.1) is 5.82 Å². The molecule has 1 aliphatic heterocycles. The second-order valence-corrected chi connectivity index (χ2v) is 9.16. The summed E-state index contributed by atoms with van der Waals surface area (Å²) in [5.41, 5.74) is 0.0402. The number of hydrogen-bond acceptors (Lipinski definition) is 6. The van der Waals surface area contributed by atoms with Gasteiger partial charge in [-0.2, -0.15) is 0 Å². The number of sulfonamides is 1. The lowest BCUT2D eigenvalue weighted by Gasteiger charge is -2.25. The van der Waals surface area contributed by atoms with Gasteiger partial charge < -0.3 is 19.4 Å². The van der Waals surface area contributed by atoms with Gasteiger partial charge >= 0.3 is 0 Å². The minimum Gasteiger partial charge on any atom is -0.486 e. The lowest BCUT2D eigenvalue weighted by molar-refractivity contribution is -0.119. The molecule has 11 heteroatoms. The molecular weight excluding hydrogens is 451 g/mol. The fourth-order valence-electron chi connectivity index (χ4n) is 3.35. The van der Waals surface area contributed by atoms with Crippen molar-refractivity contribution in [3.63, 3.8) is 0 Å². The summed E-state index contributed by atoms with van der Waals surface area (Å²) in [5, 5.41) is 2.72. The Morgan fingerprint density at radius 2 is 1.97 bits per heavy atom. The van der Waals surface area contributed by atoms with Gasteiger partial charge in [0.2, 0.25) is 5.91 Å². The van der Waals surface area contributed by atoms with Crippen LogP contribution in [-0.4, -0.2) is 50.2 Å². The van der Waals surface area contributed by atoms with E-state index in [9.17, 15) is 17.6 Å². The molecule has 0 fully saturated rings. The van der Waals surface area contributed by atoms with Gasteiger partial charge in [-0.05, 0) is 36.8 Å². The number of ether oxygens (including phenoxy) is 2. The number of nitrogens with one attached hydrogen (secondary N) is 1. The van der Waals surface area contributed by atoms with Crippen LogP contribution in [0.15, 0.2) is 66.1 Å². The molecular formula is C22H23FN4O5S. The Morgan fingerprint density at radius 3 is 2.73 bits per heavy atom. The molecule has 9 nitrogen and oxygen atoms in total. The van der Waals surface area contributed by atoms with Gasteiger partial charge in [-0.1, -0.05) is 6.07 Å². The zero-order chi connectivity index (χ0) is 23.3. The van der Waals surface area contributed by atoms with Crippen LogP contribution >= 0.6 is 0 Å². The number of carbonyl (C=O) groups is 1. The third-order valence-corrected chi connectivity index (χ3v) is 6.73. The molecule has 3 aromatic rings. The summed E-state index contributed by atoms with van der Waals surface area (Å²) >= 11 is 0. The van der Waals surface area contributed by atoms with Gasteiger partial charge in [0.25, 0.3) is 10.0 Å². The zero-order valence-corrected chi connectivity index (χ0v) is 18.5. The van der Waals surface area contributed by atoms with Crippen LogP contribution < -0.4 is 19.1 Å². The molecule has 1 amide bonds. The monoisotopic (exact) mass is 474 g/mol. The van der Waals surface area contributed by atoms with Crippen LogP contribution in [-0.2, 0) is 21.4 Å². The molecule has 2 heterocycles. The molecule has 1 N–H and O–H groups in total. The lowest BCUT2D eigenvalue weighted by atomic mass is 10.3. The highest BCUT2D eigenvalue weighted by molar-refractivity contribution is 7.92. The second-order valence-electron chi connectivity index (χ2n) is 7.30. The third kappa shape index (κ3) is 5.43. The Bertz CT molecular complexity index is 1220. The van der Waals surface area contributed by atoms with Crippen molar-refractivity contribution in [3.8, 4) is 11.5 Å². The molecule has 0 bridgehead atoms. The number of anilines is 1. The molecule has 2 aromatic carbocycles. The highest BCUT2D eigenvalue weighted by atomic mass is 32.2. The van der Waals surface area contributed by atoms with E-state index in [2.05, 4.69) is 10.3 Å². The molecule has 0 saturated heterocycles. The Morgan fingerprint density at radius 1 is 1.15 bits per heavy atom. The lowest BCUT2D eigenvalue weighted by Crippen LogP contribution is -2.41. The van der Waals surface area contributed by atoms with Crippen LogP contribution in [0.25, 0.3) is 0 Å². The van der Waals surface area contributed by atoms with Gasteiger partial charge in [-0.3, -0.25) is 9.10 Å². The van der Waals surface area contributed by atoms with Crippen LogP contribution in [0.1, 0.15) is 6.42 Å². The number of aryl methyl sites for hydroxylation is 1. The van der Waals surface area contributed by atoms with Crippen molar-refractivity contribution in [2.75, 3.05) is 30.6 Å². The maximum Gasteiger partial charge on any atom is 0.264 e. The normalized spacial score (nSPS) is 12.9. The third-order valence-electron chi connectivity index (χ3n) is 4.96. The van der Waals surface area contributed by atoms with Gasteiger partial charge in [0.15, 0.2) is 11.5 Å². The summed E-state index contributed by atoms with van der Waals surface area (Å²) < 4.78 is 54.5. The summed E-state index contributed by atoms with van der Waals surface area (Å²) in [6, 6.07) is 9.32. The quantitative estimate of drug-likeness (QED) is 0.477. The zero-order valence-electron chi connectivity index (χ0n) is 17.7. The maximum atomic E-state index is 13.9. The number of carbonyl (C=O) groups excluding carboxylic acids is 1. The molecule has 33 heavy (non-hydrogen) atoms. The Balaban J connectivity index is 1.52. The first kappa shape index (κ1) is 22.6. The molecule has 0 spiro atoms. The van der Waals surface area contributed by atoms with Gasteiger partial charge in [0, 0.05) is 31.5 Å². The number of amides is 1. The molecule has 174 valence electrons. The fourth-order valence-corrected chi connectivity index (χ4v) is 4.78. The number of benzene rings is 2. The Hall–Kier alpha value is -3.60. The Labute approximate surface area is 190 Å². The van der Waals surface area contributed by atoms with Crippen molar-refractivity contribution in [2.24, 2.45) is 0 Å². The first-order chi connectivity index (χ1) is 15.9. The number of hydrogen-bond donors (Lipinski definition) is 1. The molecule has 0 radical (unpaired) electrons. The van der Waals surface area contributed by atoms with Crippen LogP contribution in [0.2, 0.25) is 0 Å². The number of imidazole rings is 1. The van der Waals surface area contributed by atoms with Crippen molar-refractivity contribution in [2.45, 2.75) is 17.9 Å². The maximum absolute atomic E-state index is 13.9. The average molecular weight is 475 g/mol. The van der Waals surface area contributed by atoms with Crippen molar-refractivity contribution < 1.29 is 27.1 Å².